The van der Waals surface area contributed by atoms with Gasteiger partial charge in [0.2, 0.25) is 5.85 Å². The van der Waals surface area contributed by atoms with E-state index in [1.165, 1.54) is 0 Å². The molecule has 2 rings (SSSR count). The summed E-state index contributed by atoms with van der Waals surface area (Å²) >= 11 is 0. The van der Waals surface area contributed by atoms with Gasteiger partial charge in [0.05, 0.1) is 13.2 Å². The summed E-state index contributed by atoms with van der Waals surface area (Å²) in [6.45, 7) is 1.98. The lowest BCUT2D eigenvalue weighted by molar-refractivity contribution is -0.0876. The molecule has 82 valence electrons. The first-order valence-corrected chi connectivity index (χ1v) is 5.11. The SMILES string of the molecule is NC1(c2ccccc2)OCCN1CCO. The molecule has 0 spiro atoms. The number of hydrogen-bond acceptors (Lipinski definition) is 4. The Morgan fingerprint density at radius 2 is 2.13 bits per heavy atom. The summed E-state index contributed by atoms with van der Waals surface area (Å²) < 4.78 is 5.58. The van der Waals surface area contributed by atoms with Crippen molar-refractivity contribution in [3.05, 3.63) is 35.9 Å². The molecule has 3 N–H and O–H groups in total. The molecule has 1 saturated heterocycles. The first-order valence-electron chi connectivity index (χ1n) is 5.11. The fourth-order valence-corrected chi connectivity index (χ4v) is 1.91. The second-order valence-corrected chi connectivity index (χ2v) is 3.62. The van der Waals surface area contributed by atoms with Crippen LogP contribution in [-0.4, -0.2) is 36.3 Å². The molecule has 4 nitrogen and oxygen atoms in total. The largest absolute Gasteiger partial charge is 0.395 e. The van der Waals surface area contributed by atoms with Gasteiger partial charge in [0.1, 0.15) is 0 Å². The molecule has 1 aromatic carbocycles. The number of aliphatic hydroxyl groups is 1. The van der Waals surface area contributed by atoms with Crippen LogP contribution in [0.1, 0.15) is 5.56 Å². The number of nitrogens with two attached hydrogens (primary N) is 1. The minimum atomic E-state index is -0.871. The van der Waals surface area contributed by atoms with Crippen LogP contribution in [0.3, 0.4) is 0 Å². The van der Waals surface area contributed by atoms with E-state index < -0.39 is 5.85 Å². The van der Waals surface area contributed by atoms with Crippen molar-refractivity contribution in [2.24, 2.45) is 5.73 Å². The van der Waals surface area contributed by atoms with E-state index in [9.17, 15) is 0 Å². The van der Waals surface area contributed by atoms with Gasteiger partial charge >= 0.3 is 0 Å². The number of hydrogen-bond donors (Lipinski definition) is 2. The standard InChI is InChI=1S/C11H16N2O2/c12-11(10-4-2-1-3-5-10)13(6-8-14)7-9-15-11/h1-5,14H,6-9,12H2. The van der Waals surface area contributed by atoms with Gasteiger partial charge in [0.15, 0.2) is 0 Å². The summed E-state index contributed by atoms with van der Waals surface area (Å²) in [6.07, 6.45) is 0. The predicted molar refractivity (Wildman–Crippen MR) is 56.9 cm³/mol. The maximum Gasteiger partial charge on any atom is 0.202 e. The van der Waals surface area contributed by atoms with E-state index in [-0.39, 0.29) is 6.61 Å². The van der Waals surface area contributed by atoms with E-state index in [2.05, 4.69) is 0 Å². The number of nitrogens with zero attached hydrogens (tertiary/aromatic N) is 1. The second kappa shape index (κ2) is 4.28. The van der Waals surface area contributed by atoms with E-state index in [0.29, 0.717) is 13.2 Å². The van der Waals surface area contributed by atoms with E-state index in [0.717, 1.165) is 12.1 Å². The lowest BCUT2D eigenvalue weighted by Gasteiger charge is -2.33. The zero-order valence-electron chi connectivity index (χ0n) is 8.60. The molecule has 1 heterocycles. The second-order valence-electron chi connectivity index (χ2n) is 3.62. The summed E-state index contributed by atoms with van der Waals surface area (Å²) in [5.41, 5.74) is 7.13. The zero-order valence-corrected chi connectivity index (χ0v) is 8.60. The van der Waals surface area contributed by atoms with Gasteiger partial charge in [-0.3, -0.25) is 10.6 Å². The summed E-state index contributed by atoms with van der Waals surface area (Å²) in [4.78, 5) is 1.95. The Balaban J connectivity index is 2.25. The smallest absolute Gasteiger partial charge is 0.202 e. The molecule has 0 amide bonds. The fraction of sp³-hybridized carbons (Fsp3) is 0.455. The number of ether oxygens (including phenoxy) is 1. The van der Waals surface area contributed by atoms with Crippen molar-refractivity contribution in [2.75, 3.05) is 26.3 Å². The highest BCUT2D eigenvalue weighted by Gasteiger charge is 2.39. The van der Waals surface area contributed by atoms with Crippen LogP contribution < -0.4 is 5.73 Å². The monoisotopic (exact) mass is 208 g/mol. The van der Waals surface area contributed by atoms with Crippen molar-refractivity contribution in [3.8, 4) is 0 Å². The Hall–Kier alpha value is -0.940. The Morgan fingerprint density at radius 3 is 2.80 bits per heavy atom. The van der Waals surface area contributed by atoms with Gasteiger partial charge in [-0.1, -0.05) is 30.3 Å². The summed E-state index contributed by atoms with van der Waals surface area (Å²) in [5, 5.41) is 8.95. The molecule has 1 unspecified atom stereocenters. The van der Waals surface area contributed by atoms with Gasteiger partial charge in [-0.05, 0) is 0 Å². The van der Waals surface area contributed by atoms with Crippen LogP contribution in [0.25, 0.3) is 0 Å². The van der Waals surface area contributed by atoms with Crippen molar-refractivity contribution in [2.45, 2.75) is 5.85 Å². The predicted octanol–water partition coefficient (Wildman–Crippen LogP) is 0.0801. The third-order valence-electron chi connectivity index (χ3n) is 2.71. The molecular formula is C11H16N2O2. The van der Waals surface area contributed by atoms with E-state index >= 15 is 0 Å². The molecule has 15 heavy (non-hydrogen) atoms. The van der Waals surface area contributed by atoms with Crippen LogP contribution in [0.15, 0.2) is 30.3 Å². The van der Waals surface area contributed by atoms with Crippen LogP contribution in [0.2, 0.25) is 0 Å². The lowest BCUT2D eigenvalue weighted by Crippen LogP contribution is -2.50. The molecule has 4 heteroatoms. The van der Waals surface area contributed by atoms with E-state index in [4.69, 9.17) is 15.6 Å². The molecule has 0 aromatic heterocycles. The Bertz CT molecular complexity index is 318. The zero-order chi connectivity index (χ0) is 10.7. The van der Waals surface area contributed by atoms with Gasteiger partial charge in [-0.25, -0.2) is 0 Å². The van der Waals surface area contributed by atoms with Crippen LogP contribution in [0.4, 0.5) is 0 Å². The third kappa shape index (κ3) is 1.89. The molecular weight excluding hydrogens is 192 g/mol. The maximum atomic E-state index is 8.95. The number of β-amino-alcohol motifs (C(OH)–C–C–N with tert-alkyl or cyclic N) is 1. The molecule has 1 aliphatic heterocycles. The highest BCUT2D eigenvalue weighted by Crippen LogP contribution is 2.28. The van der Waals surface area contributed by atoms with Gasteiger partial charge in [-0.15, -0.1) is 0 Å². The van der Waals surface area contributed by atoms with Crippen molar-refractivity contribution in [1.82, 2.24) is 4.90 Å². The Labute approximate surface area is 89.3 Å². The van der Waals surface area contributed by atoms with Crippen molar-refractivity contribution < 1.29 is 9.84 Å². The number of rotatable bonds is 3. The van der Waals surface area contributed by atoms with E-state index in [1.807, 2.05) is 35.2 Å². The fourth-order valence-electron chi connectivity index (χ4n) is 1.91. The highest BCUT2D eigenvalue weighted by atomic mass is 16.5. The van der Waals surface area contributed by atoms with Crippen molar-refractivity contribution >= 4 is 0 Å². The Morgan fingerprint density at radius 1 is 1.40 bits per heavy atom. The molecule has 1 atom stereocenters. The topological polar surface area (TPSA) is 58.7 Å². The molecule has 0 radical (unpaired) electrons. The maximum absolute atomic E-state index is 8.95. The number of aliphatic hydroxyl groups excluding tert-OH is 1. The van der Waals surface area contributed by atoms with Crippen LogP contribution in [0.5, 0.6) is 0 Å². The quantitative estimate of drug-likeness (QED) is 0.738. The molecule has 0 saturated carbocycles. The van der Waals surface area contributed by atoms with Crippen LogP contribution >= 0.6 is 0 Å². The van der Waals surface area contributed by atoms with Gasteiger partial charge in [-0.2, -0.15) is 0 Å². The van der Waals surface area contributed by atoms with Crippen molar-refractivity contribution in [3.63, 3.8) is 0 Å². The third-order valence-corrected chi connectivity index (χ3v) is 2.71. The molecule has 0 bridgehead atoms. The first kappa shape index (κ1) is 10.6. The van der Waals surface area contributed by atoms with E-state index in [1.54, 1.807) is 0 Å². The average molecular weight is 208 g/mol. The van der Waals surface area contributed by atoms with Crippen molar-refractivity contribution in [1.29, 1.82) is 0 Å². The summed E-state index contributed by atoms with van der Waals surface area (Å²) in [5.74, 6) is -0.871. The molecule has 1 aliphatic rings. The molecule has 1 fully saturated rings. The van der Waals surface area contributed by atoms with Crippen LogP contribution in [0, 0.1) is 0 Å². The minimum absolute atomic E-state index is 0.0924. The minimum Gasteiger partial charge on any atom is -0.395 e. The lowest BCUT2D eigenvalue weighted by atomic mass is 10.1. The highest BCUT2D eigenvalue weighted by molar-refractivity contribution is 5.21. The van der Waals surface area contributed by atoms with Gasteiger partial charge in [0, 0.05) is 18.7 Å². The number of benzene rings is 1. The summed E-state index contributed by atoms with van der Waals surface area (Å²) in [6, 6.07) is 9.69. The van der Waals surface area contributed by atoms with Gasteiger partial charge in [0.25, 0.3) is 0 Å². The Kier molecular flexibility index (Phi) is 3.02. The summed E-state index contributed by atoms with van der Waals surface area (Å²) in [7, 11) is 0. The average Bonchev–Trinajstić information content (AvgIpc) is 2.64. The first-order chi connectivity index (χ1) is 7.27. The normalized spacial score (nSPS) is 27.1. The molecule has 0 aliphatic carbocycles. The van der Waals surface area contributed by atoms with Crippen LogP contribution in [-0.2, 0) is 10.6 Å². The van der Waals surface area contributed by atoms with Gasteiger partial charge < -0.3 is 9.84 Å². The molecule has 1 aromatic rings.